The lowest BCUT2D eigenvalue weighted by Crippen LogP contribution is -2.27. The molecule has 22 heavy (non-hydrogen) atoms. The third-order valence-electron chi connectivity index (χ3n) is 4.63. The molecule has 1 unspecified atom stereocenters. The van der Waals surface area contributed by atoms with E-state index in [1.807, 2.05) is 12.1 Å². The second kappa shape index (κ2) is 5.74. The van der Waals surface area contributed by atoms with Gasteiger partial charge in [-0.15, -0.1) is 0 Å². The highest BCUT2D eigenvalue weighted by Gasteiger charge is 2.33. The molecule has 0 spiro atoms. The summed E-state index contributed by atoms with van der Waals surface area (Å²) in [5, 5.41) is 0. The Morgan fingerprint density at radius 3 is 3.05 bits per heavy atom. The fourth-order valence-electron chi connectivity index (χ4n) is 3.59. The Morgan fingerprint density at radius 2 is 2.18 bits per heavy atom. The molecule has 4 heteroatoms. The molecule has 114 valence electrons. The largest absolute Gasteiger partial charge is 0.377 e. The van der Waals surface area contributed by atoms with Gasteiger partial charge >= 0.3 is 0 Å². The van der Waals surface area contributed by atoms with Crippen molar-refractivity contribution >= 4 is 21.6 Å². The predicted molar refractivity (Wildman–Crippen MR) is 88.7 cm³/mol. The summed E-state index contributed by atoms with van der Waals surface area (Å²) in [6.07, 6.45) is 6.49. The zero-order valence-corrected chi connectivity index (χ0v) is 13.8. The fourth-order valence-corrected chi connectivity index (χ4v) is 3.99. The second-order valence-corrected chi connectivity index (χ2v) is 6.85. The van der Waals surface area contributed by atoms with Crippen molar-refractivity contribution in [1.82, 2.24) is 0 Å². The van der Waals surface area contributed by atoms with Gasteiger partial charge in [0.25, 0.3) is 0 Å². The molecule has 0 bridgehead atoms. The van der Waals surface area contributed by atoms with Crippen LogP contribution in [0.1, 0.15) is 37.2 Å². The zero-order chi connectivity index (χ0) is 15.1. The Kier molecular flexibility index (Phi) is 3.74. The number of hydrogen-bond acceptors (Lipinski definition) is 2. The number of aliphatic imine (C=N–C) groups is 1. The molecule has 0 aromatic heterocycles. The molecule has 0 radical (unpaired) electrons. The Balaban J connectivity index is 1.86. The topological polar surface area (TPSA) is 21.6 Å². The second-order valence-electron chi connectivity index (χ2n) is 5.99. The summed E-state index contributed by atoms with van der Waals surface area (Å²) in [6.45, 7) is 1.37. The van der Waals surface area contributed by atoms with Crippen LogP contribution in [0.25, 0.3) is 0 Å². The first-order valence-electron chi connectivity index (χ1n) is 7.76. The normalized spacial score (nSPS) is 24.4. The molecule has 0 saturated heterocycles. The average molecular weight is 362 g/mol. The fraction of sp³-hybridized carbons (Fsp3) is 0.389. The Bertz CT molecular complexity index is 720. The minimum absolute atomic E-state index is 0.167. The molecule has 4 rings (SSSR count). The van der Waals surface area contributed by atoms with E-state index < -0.39 is 0 Å². The van der Waals surface area contributed by atoms with Crippen LogP contribution in [0.3, 0.4) is 0 Å². The Morgan fingerprint density at radius 1 is 1.27 bits per heavy atom. The van der Waals surface area contributed by atoms with Gasteiger partial charge in [0.1, 0.15) is 5.82 Å². The number of benzene rings is 1. The van der Waals surface area contributed by atoms with Gasteiger partial charge in [0, 0.05) is 23.7 Å². The van der Waals surface area contributed by atoms with Gasteiger partial charge in [-0.05, 0) is 64.0 Å². The highest BCUT2D eigenvalue weighted by atomic mass is 79.9. The van der Waals surface area contributed by atoms with Crippen LogP contribution in [0, 0.1) is 5.82 Å². The van der Waals surface area contributed by atoms with Crippen molar-refractivity contribution in [2.75, 3.05) is 13.2 Å². The van der Waals surface area contributed by atoms with Crippen molar-refractivity contribution in [3.05, 3.63) is 57.0 Å². The highest BCUT2D eigenvalue weighted by Crippen LogP contribution is 2.43. The summed E-state index contributed by atoms with van der Waals surface area (Å²) in [4.78, 5) is 4.90. The van der Waals surface area contributed by atoms with Crippen LogP contribution in [0.5, 0.6) is 0 Å². The molecule has 1 aromatic carbocycles. The molecule has 1 aliphatic carbocycles. The summed E-state index contributed by atoms with van der Waals surface area (Å²) in [5.74, 6) is -0.0554. The summed E-state index contributed by atoms with van der Waals surface area (Å²) < 4.78 is 19.8. The van der Waals surface area contributed by atoms with Crippen molar-refractivity contribution < 1.29 is 9.13 Å². The summed E-state index contributed by atoms with van der Waals surface area (Å²) >= 11 is 3.32. The first kappa shape index (κ1) is 14.3. The lowest BCUT2D eigenvalue weighted by atomic mass is 9.76. The number of allylic oxidation sites excluding steroid dienone is 2. The SMILES string of the molecule is Fc1ccc(C2C3=CCCCC3=NC3=C2COCC3)cc1Br. The third kappa shape index (κ3) is 2.38. The molecular formula is C18H17BrFNO. The van der Waals surface area contributed by atoms with E-state index in [1.165, 1.54) is 35.0 Å². The van der Waals surface area contributed by atoms with Crippen LogP contribution in [0.2, 0.25) is 0 Å². The minimum Gasteiger partial charge on any atom is -0.377 e. The van der Waals surface area contributed by atoms with Crippen molar-refractivity contribution in [3.63, 3.8) is 0 Å². The maximum Gasteiger partial charge on any atom is 0.137 e. The van der Waals surface area contributed by atoms with E-state index in [-0.39, 0.29) is 11.7 Å². The van der Waals surface area contributed by atoms with Gasteiger partial charge in [0.2, 0.25) is 0 Å². The molecule has 2 nitrogen and oxygen atoms in total. The smallest absolute Gasteiger partial charge is 0.137 e. The molecule has 2 heterocycles. The van der Waals surface area contributed by atoms with Crippen molar-refractivity contribution in [2.45, 2.75) is 31.6 Å². The molecule has 1 aromatic rings. The van der Waals surface area contributed by atoms with Crippen LogP contribution in [0.4, 0.5) is 4.39 Å². The third-order valence-corrected chi connectivity index (χ3v) is 5.24. The van der Waals surface area contributed by atoms with E-state index in [0.29, 0.717) is 11.1 Å². The van der Waals surface area contributed by atoms with E-state index in [0.717, 1.165) is 31.4 Å². The number of fused-ring (bicyclic) bond motifs is 1. The first-order valence-corrected chi connectivity index (χ1v) is 8.56. The lowest BCUT2D eigenvalue weighted by molar-refractivity contribution is 0.142. The van der Waals surface area contributed by atoms with E-state index in [4.69, 9.17) is 9.73 Å². The quantitative estimate of drug-likeness (QED) is 0.696. The number of ether oxygens (including phenoxy) is 1. The van der Waals surface area contributed by atoms with Crippen molar-refractivity contribution in [2.24, 2.45) is 4.99 Å². The number of rotatable bonds is 1. The summed E-state index contributed by atoms with van der Waals surface area (Å²) in [6, 6.07) is 5.33. The van der Waals surface area contributed by atoms with Gasteiger partial charge in [-0.2, -0.15) is 0 Å². The summed E-state index contributed by atoms with van der Waals surface area (Å²) in [5.41, 5.74) is 6.07. The first-order chi connectivity index (χ1) is 10.7. The zero-order valence-electron chi connectivity index (χ0n) is 12.2. The van der Waals surface area contributed by atoms with Gasteiger partial charge in [-0.1, -0.05) is 12.1 Å². The monoisotopic (exact) mass is 361 g/mol. The summed E-state index contributed by atoms with van der Waals surface area (Å²) in [7, 11) is 0. The van der Waals surface area contributed by atoms with E-state index >= 15 is 0 Å². The number of nitrogens with zero attached hydrogens (tertiary/aromatic N) is 1. The molecule has 3 aliphatic rings. The molecule has 0 N–H and O–H groups in total. The molecule has 0 saturated carbocycles. The van der Waals surface area contributed by atoms with Crippen LogP contribution in [0.15, 0.2) is 50.6 Å². The predicted octanol–water partition coefficient (Wildman–Crippen LogP) is 4.91. The average Bonchev–Trinajstić information content (AvgIpc) is 2.55. The minimum atomic E-state index is -0.222. The number of hydrogen-bond donors (Lipinski definition) is 0. The van der Waals surface area contributed by atoms with E-state index in [9.17, 15) is 4.39 Å². The molecule has 2 aliphatic heterocycles. The lowest BCUT2D eigenvalue weighted by Gasteiger charge is -2.34. The van der Waals surface area contributed by atoms with Gasteiger partial charge in [-0.25, -0.2) is 4.39 Å². The van der Waals surface area contributed by atoms with E-state index in [1.54, 1.807) is 0 Å². The number of halogens is 2. The van der Waals surface area contributed by atoms with Gasteiger partial charge in [0.15, 0.2) is 0 Å². The van der Waals surface area contributed by atoms with Crippen LogP contribution in [-0.2, 0) is 4.74 Å². The van der Waals surface area contributed by atoms with Gasteiger partial charge in [-0.3, -0.25) is 4.99 Å². The Hall–Kier alpha value is -1.26. The molecule has 1 atom stereocenters. The van der Waals surface area contributed by atoms with Gasteiger partial charge < -0.3 is 4.74 Å². The molecular weight excluding hydrogens is 345 g/mol. The standard InChI is InChI=1S/C18H17BrFNO/c19-14-9-11(5-6-15(14)20)18-12-3-1-2-4-16(12)21-17-7-8-22-10-13(17)18/h3,5-6,9,18H,1-2,4,7-8,10H2. The van der Waals surface area contributed by atoms with Crippen LogP contribution < -0.4 is 0 Å². The Labute approximate surface area is 137 Å². The van der Waals surface area contributed by atoms with Gasteiger partial charge in [0.05, 0.1) is 17.7 Å². The van der Waals surface area contributed by atoms with Crippen LogP contribution >= 0.6 is 15.9 Å². The maximum absolute atomic E-state index is 13.6. The highest BCUT2D eigenvalue weighted by molar-refractivity contribution is 9.10. The van der Waals surface area contributed by atoms with Crippen molar-refractivity contribution in [1.29, 1.82) is 0 Å². The molecule has 0 fully saturated rings. The van der Waals surface area contributed by atoms with E-state index in [2.05, 4.69) is 22.0 Å². The maximum atomic E-state index is 13.6. The van der Waals surface area contributed by atoms with Crippen LogP contribution in [-0.4, -0.2) is 18.9 Å². The van der Waals surface area contributed by atoms with Crippen molar-refractivity contribution in [3.8, 4) is 0 Å². The molecule has 0 amide bonds.